The molecule has 110 valence electrons. The van der Waals surface area contributed by atoms with Gasteiger partial charge >= 0.3 is 6.03 Å². The Labute approximate surface area is 124 Å². The summed E-state index contributed by atoms with van der Waals surface area (Å²) in [6, 6.07) is 12.5. The molecule has 3 N–H and O–H groups in total. The highest BCUT2D eigenvalue weighted by molar-refractivity contribution is 5.88. The maximum Gasteiger partial charge on any atom is 0.320 e. The van der Waals surface area contributed by atoms with E-state index in [1.165, 1.54) is 0 Å². The predicted molar refractivity (Wildman–Crippen MR) is 82.1 cm³/mol. The molecule has 1 aromatic heterocycles. The van der Waals surface area contributed by atoms with E-state index in [2.05, 4.69) is 15.6 Å². The number of urea groups is 1. The summed E-state index contributed by atoms with van der Waals surface area (Å²) >= 11 is 0. The van der Waals surface area contributed by atoms with Crippen molar-refractivity contribution in [2.75, 3.05) is 11.9 Å². The predicted octanol–water partition coefficient (Wildman–Crippen LogP) is 2.55. The van der Waals surface area contributed by atoms with Crippen LogP contribution in [0.15, 0.2) is 42.5 Å². The number of carbonyl (C=O) groups is 1. The quantitative estimate of drug-likeness (QED) is 0.808. The topological polar surface area (TPSA) is 74.2 Å². The fourth-order valence-corrected chi connectivity index (χ4v) is 2.05. The number of carbonyl (C=O) groups excluding carboxylic acids is 1. The zero-order valence-electron chi connectivity index (χ0n) is 12.1. The Morgan fingerprint density at radius 2 is 1.95 bits per heavy atom. The molecule has 0 saturated carbocycles. The van der Waals surface area contributed by atoms with E-state index >= 15 is 0 Å². The second-order valence-electron chi connectivity index (χ2n) is 4.93. The Kier molecular flexibility index (Phi) is 4.90. The minimum absolute atomic E-state index is 0.140. The average molecular weight is 285 g/mol. The van der Waals surface area contributed by atoms with Crippen LogP contribution in [0.1, 0.15) is 22.9 Å². The van der Waals surface area contributed by atoms with Crippen LogP contribution in [0.3, 0.4) is 0 Å². The number of pyridine rings is 1. The number of anilines is 1. The summed E-state index contributed by atoms with van der Waals surface area (Å²) in [6.45, 7) is 3.95. The van der Waals surface area contributed by atoms with Gasteiger partial charge < -0.3 is 10.4 Å². The molecule has 0 fully saturated rings. The summed E-state index contributed by atoms with van der Waals surface area (Å²) in [4.78, 5) is 16.0. The van der Waals surface area contributed by atoms with Crippen molar-refractivity contribution in [3.8, 4) is 0 Å². The van der Waals surface area contributed by atoms with Crippen LogP contribution in [-0.2, 0) is 0 Å². The Balaban J connectivity index is 1.87. The number of nitrogens with one attached hydrogen (secondary N) is 2. The molecule has 0 aliphatic carbocycles. The molecule has 1 atom stereocenters. The van der Waals surface area contributed by atoms with Crippen LogP contribution in [-0.4, -0.2) is 22.7 Å². The first-order valence-corrected chi connectivity index (χ1v) is 6.78. The third-order valence-electron chi connectivity index (χ3n) is 2.98. The zero-order valence-corrected chi connectivity index (χ0v) is 12.1. The monoisotopic (exact) mass is 285 g/mol. The number of benzene rings is 1. The van der Waals surface area contributed by atoms with Gasteiger partial charge in [0, 0.05) is 12.2 Å². The molecule has 5 nitrogen and oxygen atoms in total. The highest BCUT2D eigenvalue weighted by atomic mass is 16.3. The number of aliphatic hydroxyl groups is 1. The summed E-state index contributed by atoms with van der Waals surface area (Å²) in [5.41, 5.74) is 2.64. The summed E-state index contributed by atoms with van der Waals surface area (Å²) < 4.78 is 0. The maximum atomic E-state index is 11.8. The van der Waals surface area contributed by atoms with Crippen molar-refractivity contribution >= 4 is 11.8 Å². The van der Waals surface area contributed by atoms with Crippen LogP contribution in [0.4, 0.5) is 10.6 Å². The van der Waals surface area contributed by atoms with Gasteiger partial charge in [0.05, 0.1) is 6.10 Å². The third kappa shape index (κ3) is 4.57. The molecule has 0 aliphatic rings. The number of rotatable bonds is 4. The lowest BCUT2D eigenvalue weighted by atomic mass is 10.1. The Bertz CT molecular complexity index is 594. The largest absolute Gasteiger partial charge is 0.387 e. The summed E-state index contributed by atoms with van der Waals surface area (Å²) in [5, 5.41) is 15.3. The number of aliphatic hydroxyl groups excluding tert-OH is 1. The van der Waals surface area contributed by atoms with E-state index in [-0.39, 0.29) is 12.6 Å². The number of amides is 2. The Morgan fingerprint density at radius 3 is 2.62 bits per heavy atom. The summed E-state index contributed by atoms with van der Waals surface area (Å²) in [6.07, 6.45) is -0.732. The highest BCUT2D eigenvalue weighted by Crippen LogP contribution is 2.11. The van der Waals surface area contributed by atoms with Gasteiger partial charge in [-0.2, -0.15) is 0 Å². The maximum absolute atomic E-state index is 11.8. The van der Waals surface area contributed by atoms with Crippen LogP contribution < -0.4 is 10.6 Å². The molecule has 0 radical (unpaired) electrons. The second kappa shape index (κ2) is 6.85. The van der Waals surface area contributed by atoms with E-state index in [1.54, 1.807) is 6.07 Å². The van der Waals surface area contributed by atoms with Crippen molar-refractivity contribution < 1.29 is 9.90 Å². The first-order chi connectivity index (χ1) is 10.0. The molecule has 1 aromatic carbocycles. The van der Waals surface area contributed by atoms with Crippen molar-refractivity contribution in [3.05, 3.63) is 59.3 Å². The molecular formula is C16H19N3O2. The molecule has 0 saturated heterocycles. The number of aromatic nitrogens is 1. The van der Waals surface area contributed by atoms with Gasteiger partial charge in [0.1, 0.15) is 5.82 Å². The van der Waals surface area contributed by atoms with E-state index in [1.807, 2.05) is 50.2 Å². The van der Waals surface area contributed by atoms with Crippen LogP contribution in [0.2, 0.25) is 0 Å². The van der Waals surface area contributed by atoms with Crippen molar-refractivity contribution in [2.45, 2.75) is 20.0 Å². The lowest BCUT2D eigenvalue weighted by Crippen LogP contribution is -2.32. The van der Waals surface area contributed by atoms with E-state index < -0.39 is 6.10 Å². The number of nitrogens with zero attached hydrogens (tertiary/aromatic N) is 1. The van der Waals surface area contributed by atoms with Gasteiger partial charge in [-0.1, -0.05) is 30.3 Å². The molecule has 1 heterocycles. The van der Waals surface area contributed by atoms with Crippen molar-refractivity contribution in [1.29, 1.82) is 0 Å². The molecule has 2 amide bonds. The lowest BCUT2D eigenvalue weighted by Gasteiger charge is -2.13. The molecular weight excluding hydrogens is 266 g/mol. The SMILES string of the molecule is Cc1cc(C)nc(NC(=O)NC[C@@H](O)c2ccccc2)c1. The third-order valence-corrected chi connectivity index (χ3v) is 2.98. The average Bonchev–Trinajstić information content (AvgIpc) is 2.44. The minimum atomic E-state index is -0.732. The Morgan fingerprint density at radius 1 is 1.24 bits per heavy atom. The van der Waals surface area contributed by atoms with Crippen LogP contribution in [0.25, 0.3) is 0 Å². The van der Waals surface area contributed by atoms with Gasteiger partial charge in [-0.3, -0.25) is 5.32 Å². The van der Waals surface area contributed by atoms with Gasteiger partial charge in [-0.15, -0.1) is 0 Å². The van der Waals surface area contributed by atoms with Gasteiger partial charge in [0.25, 0.3) is 0 Å². The second-order valence-corrected chi connectivity index (χ2v) is 4.93. The molecule has 0 bridgehead atoms. The standard InChI is InChI=1S/C16H19N3O2/c1-11-8-12(2)18-15(9-11)19-16(21)17-10-14(20)13-6-4-3-5-7-13/h3-9,14,20H,10H2,1-2H3,(H2,17,18,19,21)/t14-/m1/s1. The molecule has 2 aromatic rings. The molecule has 0 unspecified atom stereocenters. The van der Waals surface area contributed by atoms with Crippen molar-refractivity contribution in [1.82, 2.24) is 10.3 Å². The first-order valence-electron chi connectivity index (χ1n) is 6.78. The fourth-order valence-electron chi connectivity index (χ4n) is 2.05. The van der Waals surface area contributed by atoms with E-state index in [0.717, 1.165) is 16.8 Å². The highest BCUT2D eigenvalue weighted by Gasteiger charge is 2.09. The van der Waals surface area contributed by atoms with Gasteiger partial charge in [-0.25, -0.2) is 9.78 Å². The number of aryl methyl sites for hydroxylation is 2. The lowest BCUT2D eigenvalue weighted by molar-refractivity contribution is 0.175. The Hall–Kier alpha value is -2.40. The molecule has 21 heavy (non-hydrogen) atoms. The molecule has 5 heteroatoms. The normalized spacial score (nSPS) is 11.8. The van der Waals surface area contributed by atoms with Gasteiger partial charge in [0.15, 0.2) is 0 Å². The minimum Gasteiger partial charge on any atom is -0.387 e. The summed E-state index contributed by atoms with van der Waals surface area (Å²) in [5.74, 6) is 0.499. The molecule has 0 spiro atoms. The zero-order chi connectivity index (χ0) is 15.2. The van der Waals surface area contributed by atoms with Crippen molar-refractivity contribution in [3.63, 3.8) is 0 Å². The van der Waals surface area contributed by atoms with Crippen molar-refractivity contribution in [2.24, 2.45) is 0 Å². The summed E-state index contributed by atoms with van der Waals surface area (Å²) in [7, 11) is 0. The van der Waals surface area contributed by atoms with E-state index in [0.29, 0.717) is 5.82 Å². The van der Waals surface area contributed by atoms with Gasteiger partial charge in [-0.05, 0) is 37.1 Å². The fraction of sp³-hybridized carbons (Fsp3) is 0.250. The van der Waals surface area contributed by atoms with E-state index in [9.17, 15) is 9.90 Å². The molecule has 0 aliphatic heterocycles. The smallest absolute Gasteiger partial charge is 0.320 e. The van der Waals surface area contributed by atoms with Crippen LogP contribution in [0, 0.1) is 13.8 Å². The molecule has 2 rings (SSSR count). The first kappa shape index (κ1) is 15.0. The van der Waals surface area contributed by atoms with E-state index in [4.69, 9.17) is 0 Å². The van der Waals surface area contributed by atoms with Crippen LogP contribution >= 0.6 is 0 Å². The van der Waals surface area contributed by atoms with Crippen LogP contribution in [0.5, 0.6) is 0 Å². The van der Waals surface area contributed by atoms with Gasteiger partial charge in [0.2, 0.25) is 0 Å². The number of hydrogen-bond donors (Lipinski definition) is 3. The number of hydrogen-bond acceptors (Lipinski definition) is 3.